The van der Waals surface area contributed by atoms with E-state index < -0.39 is 0 Å². The van der Waals surface area contributed by atoms with Gasteiger partial charge < -0.3 is 14.8 Å². The first kappa shape index (κ1) is 16.0. The van der Waals surface area contributed by atoms with Crippen LogP contribution in [0, 0.1) is 3.57 Å². The summed E-state index contributed by atoms with van der Waals surface area (Å²) in [6.45, 7) is 3.63. The van der Waals surface area contributed by atoms with Crippen LogP contribution in [0.5, 0.6) is 5.75 Å². The Morgan fingerprint density at radius 3 is 2.57 bits per heavy atom. The van der Waals surface area contributed by atoms with Crippen molar-refractivity contribution in [3.63, 3.8) is 0 Å². The van der Waals surface area contributed by atoms with Crippen LogP contribution in [0.3, 0.4) is 0 Å². The van der Waals surface area contributed by atoms with Crippen LogP contribution < -0.4 is 10.1 Å². The van der Waals surface area contributed by atoms with Crippen molar-refractivity contribution in [2.45, 2.75) is 20.1 Å². The average molecular weight is 399 g/mol. The molecule has 0 fully saturated rings. The topological polar surface area (TPSA) is 56.3 Å². The fourth-order valence-corrected chi connectivity index (χ4v) is 2.38. The van der Waals surface area contributed by atoms with Gasteiger partial charge in [-0.05, 0) is 41.6 Å². The second kappa shape index (κ2) is 8.14. The lowest BCUT2D eigenvalue weighted by Gasteiger charge is -2.12. The number of nitrogens with one attached hydrogen (secondary N) is 1. The zero-order chi connectivity index (χ0) is 15.1. The quantitative estimate of drug-likeness (QED) is 0.725. The Labute approximate surface area is 138 Å². The number of benzene rings is 1. The fourth-order valence-electron chi connectivity index (χ4n) is 1.79. The van der Waals surface area contributed by atoms with E-state index in [4.69, 9.17) is 9.47 Å². The Hall–Kier alpha value is -1.41. The highest BCUT2D eigenvalue weighted by Gasteiger charge is 2.12. The van der Waals surface area contributed by atoms with Crippen LogP contribution >= 0.6 is 22.6 Å². The third-order valence-electron chi connectivity index (χ3n) is 2.70. The molecule has 0 unspecified atom stereocenters. The van der Waals surface area contributed by atoms with Gasteiger partial charge in [-0.25, -0.2) is 9.97 Å². The van der Waals surface area contributed by atoms with Crippen molar-refractivity contribution >= 4 is 28.4 Å². The summed E-state index contributed by atoms with van der Waals surface area (Å²) in [5.41, 5.74) is 0.871. The summed E-state index contributed by atoms with van der Waals surface area (Å²) in [5.74, 6) is 2.27. The molecule has 2 aromatic rings. The smallest absolute Gasteiger partial charge is 0.168 e. The third kappa shape index (κ3) is 4.53. The highest BCUT2D eigenvalue weighted by atomic mass is 127. The molecule has 0 amide bonds. The lowest BCUT2D eigenvalue weighted by atomic mass is 10.3. The average Bonchev–Trinajstić information content (AvgIpc) is 2.51. The molecule has 0 aliphatic heterocycles. The number of halogens is 1. The summed E-state index contributed by atoms with van der Waals surface area (Å²) >= 11 is 2.24. The summed E-state index contributed by atoms with van der Waals surface area (Å²) in [4.78, 5) is 9.02. The number of aromatic nitrogens is 2. The van der Waals surface area contributed by atoms with Gasteiger partial charge in [0, 0.05) is 13.7 Å². The predicted octanol–water partition coefficient (Wildman–Crippen LogP) is 3.24. The summed E-state index contributed by atoms with van der Waals surface area (Å²) in [6.07, 6.45) is 0. The number of ether oxygens (including phenoxy) is 2. The number of hydrogen-bond acceptors (Lipinski definition) is 5. The zero-order valence-corrected chi connectivity index (χ0v) is 14.3. The van der Waals surface area contributed by atoms with Crippen molar-refractivity contribution in [3.8, 4) is 5.75 Å². The monoisotopic (exact) mass is 399 g/mol. The number of hydrogen-bond donors (Lipinski definition) is 1. The van der Waals surface area contributed by atoms with E-state index in [1.807, 2.05) is 37.3 Å². The highest BCUT2D eigenvalue weighted by molar-refractivity contribution is 14.1. The summed E-state index contributed by atoms with van der Waals surface area (Å²) in [6, 6.07) is 9.64. The lowest BCUT2D eigenvalue weighted by molar-refractivity contribution is 0.180. The van der Waals surface area contributed by atoms with Crippen LogP contribution in [0.4, 0.5) is 5.82 Å². The SMILES string of the molecule is CCNc1nc(COc2ccccc2)nc(COC)c1I. The Kier molecular flexibility index (Phi) is 6.19. The van der Waals surface area contributed by atoms with Crippen LogP contribution in [0.15, 0.2) is 30.3 Å². The van der Waals surface area contributed by atoms with Crippen molar-refractivity contribution in [2.24, 2.45) is 0 Å². The first-order valence-electron chi connectivity index (χ1n) is 6.70. The highest BCUT2D eigenvalue weighted by Crippen LogP contribution is 2.20. The van der Waals surface area contributed by atoms with Crippen LogP contribution in [0.25, 0.3) is 0 Å². The van der Waals surface area contributed by atoms with E-state index in [0.29, 0.717) is 19.0 Å². The number of rotatable bonds is 7. The second-order valence-electron chi connectivity index (χ2n) is 4.31. The molecule has 0 aliphatic rings. The first-order chi connectivity index (χ1) is 10.2. The van der Waals surface area contributed by atoms with Crippen LogP contribution in [0.2, 0.25) is 0 Å². The van der Waals surface area contributed by atoms with E-state index in [9.17, 15) is 0 Å². The molecule has 0 bridgehead atoms. The molecule has 21 heavy (non-hydrogen) atoms. The molecule has 1 aromatic heterocycles. The number of nitrogens with zero attached hydrogens (tertiary/aromatic N) is 2. The minimum absolute atomic E-state index is 0.329. The van der Waals surface area contributed by atoms with Gasteiger partial charge in [0.15, 0.2) is 5.82 Å². The van der Waals surface area contributed by atoms with Gasteiger partial charge >= 0.3 is 0 Å². The Morgan fingerprint density at radius 2 is 1.90 bits per heavy atom. The zero-order valence-electron chi connectivity index (χ0n) is 12.1. The van der Waals surface area contributed by atoms with E-state index in [1.165, 1.54) is 0 Å². The Balaban J connectivity index is 2.18. The molecule has 2 rings (SSSR count). The fraction of sp³-hybridized carbons (Fsp3) is 0.333. The summed E-state index contributed by atoms with van der Waals surface area (Å²) in [7, 11) is 1.66. The first-order valence-corrected chi connectivity index (χ1v) is 7.78. The molecule has 0 aliphatic carbocycles. The molecule has 0 atom stereocenters. The summed E-state index contributed by atoms with van der Waals surface area (Å²) in [5, 5.41) is 3.24. The molecule has 1 N–H and O–H groups in total. The number of anilines is 1. The van der Waals surface area contributed by atoms with Crippen LogP contribution in [0.1, 0.15) is 18.4 Å². The third-order valence-corrected chi connectivity index (χ3v) is 3.84. The molecule has 0 radical (unpaired) electrons. The molecule has 5 nitrogen and oxygen atoms in total. The van der Waals surface area contributed by atoms with Crippen molar-refractivity contribution < 1.29 is 9.47 Å². The Morgan fingerprint density at radius 1 is 1.14 bits per heavy atom. The molecule has 0 saturated carbocycles. The van der Waals surface area contributed by atoms with E-state index in [0.717, 1.165) is 27.4 Å². The van der Waals surface area contributed by atoms with Gasteiger partial charge in [-0.1, -0.05) is 18.2 Å². The second-order valence-corrected chi connectivity index (χ2v) is 5.39. The van der Waals surface area contributed by atoms with Crippen molar-refractivity contribution in [2.75, 3.05) is 19.0 Å². The molecule has 1 heterocycles. The van der Waals surface area contributed by atoms with Crippen LogP contribution in [-0.4, -0.2) is 23.6 Å². The predicted molar refractivity (Wildman–Crippen MR) is 90.4 cm³/mol. The van der Waals surface area contributed by atoms with Gasteiger partial charge in [-0.15, -0.1) is 0 Å². The maximum Gasteiger partial charge on any atom is 0.168 e. The lowest BCUT2D eigenvalue weighted by Crippen LogP contribution is -2.12. The standard InChI is InChI=1S/C15H18IN3O2/c1-3-17-15-14(16)12(9-20-2)18-13(19-15)10-21-11-7-5-4-6-8-11/h4-8H,3,9-10H2,1-2H3,(H,17,18,19). The molecule has 112 valence electrons. The van der Waals surface area contributed by atoms with Gasteiger partial charge in [0.25, 0.3) is 0 Å². The van der Waals surface area contributed by atoms with Gasteiger partial charge in [0.05, 0.1) is 15.9 Å². The van der Waals surface area contributed by atoms with Crippen molar-refractivity contribution in [1.82, 2.24) is 9.97 Å². The molecular weight excluding hydrogens is 381 g/mol. The Bertz CT molecular complexity index is 551. The summed E-state index contributed by atoms with van der Waals surface area (Å²) < 4.78 is 11.9. The van der Waals surface area contributed by atoms with Gasteiger partial charge in [-0.2, -0.15) is 0 Å². The number of para-hydroxylation sites is 1. The van der Waals surface area contributed by atoms with E-state index in [2.05, 4.69) is 37.9 Å². The molecule has 0 saturated heterocycles. The molecule has 0 spiro atoms. The van der Waals surface area contributed by atoms with Crippen molar-refractivity contribution in [3.05, 3.63) is 45.4 Å². The molecule has 6 heteroatoms. The van der Waals surface area contributed by atoms with E-state index >= 15 is 0 Å². The minimum atomic E-state index is 0.329. The minimum Gasteiger partial charge on any atom is -0.486 e. The largest absolute Gasteiger partial charge is 0.486 e. The van der Waals surface area contributed by atoms with Gasteiger partial charge in [0.1, 0.15) is 18.2 Å². The molecule has 1 aromatic carbocycles. The van der Waals surface area contributed by atoms with Gasteiger partial charge in [-0.3, -0.25) is 0 Å². The van der Waals surface area contributed by atoms with Crippen molar-refractivity contribution in [1.29, 1.82) is 0 Å². The van der Waals surface area contributed by atoms with Gasteiger partial charge in [0.2, 0.25) is 0 Å². The maximum absolute atomic E-state index is 5.70. The van der Waals surface area contributed by atoms with E-state index in [1.54, 1.807) is 7.11 Å². The normalized spacial score (nSPS) is 10.4. The van der Waals surface area contributed by atoms with Crippen LogP contribution in [-0.2, 0) is 18.0 Å². The van der Waals surface area contributed by atoms with E-state index in [-0.39, 0.29) is 0 Å². The maximum atomic E-state index is 5.70. The number of methoxy groups -OCH3 is 1. The molecular formula is C15H18IN3O2.